The zero-order chi connectivity index (χ0) is 15.4. The summed E-state index contributed by atoms with van der Waals surface area (Å²) in [5.41, 5.74) is 0.548. The second kappa shape index (κ2) is 6.98. The molecule has 0 spiro atoms. The monoisotopic (exact) mass is 401 g/mol. The van der Waals surface area contributed by atoms with Gasteiger partial charge in [0.15, 0.2) is 0 Å². The molecule has 1 N–H and O–H groups in total. The van der Waals surface area contributed by atoms with Gasteiger partial charge in [-0.05, 0) is 60.2 Å². The normalized spacial score (nSPS) is 12.0. The third-order valence-corrected chi connectivity index (χ3v) is 4.01. The molecule has 0 aliphatic heterocycles. The van der Waals surface area contributed by atoms with Crippen molar-refractivity contribution in [1.29, 1.82) is 0 Å². The fraction of sp³-hybridized carbons (Fsp3) is 0.188. The molecule has 0 heterocycles. The Kier molecular flexibility index (Phi) is 5.27. The maximum atomic E-state index is 13.6. The SMILES string of the molecule is CC(Cc1c(F)cccc1F)NC(=O)c1ccccc1I. The predicted octanol–water partition coefficient (Wildman–Crippen LogP) is 3.93. The molecule has 2 aromatic carbocycles. The molecule has 2 aromatic rings. The molecule has 110 valence electrons. The average Bonchev–Trinajstić information content (AvgIpc) is 2.43. The van der Waals surface area contributed by atoms with Gasteiger partial charge in [0, 0.05) is 15.2 Å². The van der Waals surface area contributed by atoms with Gasteiger partial charge in [-0.1, -0.05) is 18.2 Å². The maximum Gasteiger partial charge on any atom is 0.252 e. The van der Waals surface area contributed by atoms with E-state index >= 15 is 0 Å². The van der Waals surface area contributed by atoms with E-state index in [0.29, 0.717) is 5.56 Å². The quantitative estimate of drug-likeness (QED) is 0.774. The molecule has 2 rings (SSSR count). The summed E-state index contributed by atoms with van der Waals surface area (Å²) in [6.45, 7) is 1.72. The lowest BCUT2D eigenvalue weighted by Crippen LogP contribution is -2.35. The maximum absolute atomic E-state index is 13.6. The minimum absolute atomic E-state index is 0.00643. The van der Waals surface area contributed by atoms with Crippen molar-refractivity contribution in [2.45, 2.75) is 19.4 Å². The number of rotatable bonds is 4. The second-order valence-corrected chi connectivity index (χ2v) is 5.92. The lowest BCUT2D eigenvalue weighted by atomic mass is 10.1. The molecule has 1 atom stereocenters. The Morgan fingerprint density at radius 1 is 1.14 bits per heavy atom. The number of amides is 1. The first-order valence-electron chi connectivity index (χ1n) is 6.47. The molecule has 0 saturated carbocycles. The van der Waals surface area contributed by atoms with E-state index in [-0.39, 0.29) is 23.9 Å². The smallest absolute Gasteiger partial charge is 0.252 e. The van der Waals surface area contributed by atoms with Crippen LogP contribution in [0, 0.1) is 15.2 Å². The van der Waals surface area contributed by atoms with Crippen molar-refractivity contribution in [3.05, 3.63) is 68.8 Å². The largest absolute Gasteiger partial charge is 0.349 e. The van der Waals surface area contributed by atoms with Crippen LogP contribution in [-0.4, -0.2) is 11.9 Å². The summed E-state index contributed by atoms with van der Waals surface area (Å²) >= 11 is 2.08. The fourth-order valence-electron chi connectivity index (χ4n) is 2.03. The number of carbonyl (C=O) groups excluding carboxylic acids is 1. The minimum Gasteiger partial charge on any atom is -0.349 e. The lowest BCUT2D eigenvalue weighted by Gasteiger charge is -2.15. The van der Waals surface area contributed by atoms with Crippen LogP contribution in [0.15, 0.2) is 42.5 Å². The van der Waals surface area contributed by atoms with Gasteiger partial charge in [0.05, 0.1) is 5.56 Å². The molecule has 0 aromatic heterocycles. The topological polar surface area (TPSA) is 29.1 Å². The third kappa shape index (κ3) is 4.00. The molecule has 21 heavy (non-hydrogen) atoms. The van der Waals surface area contributed by atoms with E-state index in [0.717, 1.165) is 3.57 Å². The zero-order valence-corrected chi connectivity index (χ0v) is 13.5. The van der Waals surface area contributed by atoms with E-state index in [2.05, 4.69) is 27.9 Å². The highest BCUT2D eigenvalue weighted by Gasteiger charge is 2.16. The van der Waals surface area contributed by atoms with Gasteiger partial charge >= 0.3 is 0 Å². The Hall–Kier alpha value is -1.50. The highest BCUT2D eigenvalue weighted by Crippen LogP contribution is 2.15. The van der Waals surface area contributed by atoms with Crippen molar-refractivity contribution < 1.29 is 13.6 Å². The number of hydrogen-bond donors (Lipinski definition) is 1. The molecule has 2 nitrogen and oxygen atoms in total. The number of carbonyl (C=O) groups is 1. The molecule has 5 heteroatoms. The van der Waals surface area contributed by atoms with E-state index in [9.17, 15) is 13.6 Å². The summed E-state index contributed by atoms with van der Waals surface area (Å²) in [5.74, 6) is -1.43. The van der Waals surface area contributed by atoms with Gasteiger partial charge in [-0.2, -0.15) is 0 Å². The van der Waals surface area contributed by atoms with Crippen LogP contribution in [-0.2, 0) is 6.42 Å². The first kappa shape index (κ1) is 15.9. The molecular weight excluding hydrogens is 387 g/mol. The standard InChI is InChI=1S/C16H14F2INO/c1-10(9-12-13(17)6-4-7-14(12)18)20-16(21)11-5-2-3-8-15(11)19/h2-8,10H,9H2,1H3,(H,20,21). The summed E-state index contributed by atoms with van der Waals surface area (Å²) in [5, 5.41) is 2.76. The fourth-order valence-corrected chi connectivity index (χ4v) is 2.66. The van der Waals surface area contributed by atoms with Crippen molar-refractivity contribution in [3.8, 4) is 0 Å². The van der Waals surface area contributed by atoms with Crippen LogP contribution in [0.25, 0.3) is 0 Å². The molecule has 0 aliphatic rings. The second-order valence-electron chi connectivity index (χ2n) is 4.76. The van der Waals surface area contributed by atoms with Crippen LogP contribution < -0.4 is 5.32 Å². The van der Waals surface area contributed by atoms with Gasteiger partial charge in [-0.3, -0.25) is 4.79 Å². The summed E-state index contributed by atoms with van der Waals surface area (Å²) in [7, 11) is 0. The van der Waals surface area contributed by atoms with Crippen LogP contribution in [0.4, 0.5) is 8.78 Å². The summed E-state index contributed by atoms with van der Waals surface area (Å²) in [4.78, 5) is 12.1. The van der Waals surface area contributed by atoms with Crippen molar-refractivity contribution in [2.75, 3.05) is 0 Å². The number of halogens is 3. The molecule has 0 radical (unpaired) electrons. The molecule has 1 amide bonds. The van der Waals surface area contributed by atoms with Gasteiger partial charge in [0.2, 0.25) is 0 Å². The van der Waals surface area contributed by atoms with E-state index in [1.165, 1.54) is 18.2 Å². The van der Waals surface area contributed by atoms with Gasteiger partial charge in [-0.15, -0.1) is 0 Å². The van der Waals surface area contributed by atoms with Crippen LogP contribution in [0.3, 0.4) is 0 Å². The van der Waals surface area contributed by atoms with E-state index in [1.807, 2.05) is 12.1 Å². The van der Waals surface area contributed by atoms with Crippen molar-refractivity contribution >= 4 is 28.5 Å². The molecule has 1 unspecified atom stereocenters. The minimum atomic E-state index is -0.592. The number of benzene rings is 2. The molecule has 0 bridgehead atoms. The third-order valence-electron chi connectivity index (χ3n) is 3.07. The van der Waals surface area contributed by atoms with Crippen LogP contribution in [0.5, 0.6) is 0 Å². The molecule has 0 fully saturated rings. The zero-order valence-electron chi connectivity index (χ0n) is 11.4. The molecule has 0 aliphatic carbocycles. The van der Waals surface area contributed by atoms with Crippen molar-refractivity contribution in [3.63, 3.8) is 0 Å². The van der Waals surface area contributed by atoms with E-state index in [1.54, 1.807) is 19.1 Å². The van der Waals surface area contributed by atoms with Gasteiger partial charge in [0.1, 0.15) is 11.6 Å². The van der Waals surface area contributed by atoms with Crippen LogP contribution >= 0.6 is 22.6 Å². The molecule has 0 saturated heterocycles. The Bertz CT molecular complexity index is 640. The Morgan fingerprint density at radius 3 is 2.38 bits per heavy atom. The predicted molar refractivity (Wildman–Crippen MR) is 86.1 cm³/mol. The number of hydrogen-bond acceptors (Lipinski definition) is 1. The van der Waals surface area contributed by atoms with Gasteiger partial charge < -0.3 is 5.32 Å². The summed E-state index contributed by atoms with van der Waals surface area (Å²) in [6, 6.07) is 10.5. The summed E-state index contributed by atoms with van der Waals surface area (Å²) in [6.07, 6.45) is 0.105. The Balaban J connectivity index is 2.07. The van der Waals surface area contributed by atoms with Crippen molar-refractivity contribution in [1.82, 2.24) is 5.32 Å². The van der Waals surface area contributed by atoms with Gasteiger partial charge in [-0.25, -0.2) is 8.78 Å². The van der Waals surface area contributed by atoms with Gasteiger partial charge in [0.25, 0.3) is 5.91 Å². The Labute approximate surface area is 135 Å². The first-order valence-corrected chi connectivity index (χ1v) is 7.55. The van der Waals surface area contributed by atoms with Crippen molar-refractivity contribution in [2.24, 2.45) is 0 Å². The number of nitrogens with one attached hydrogen (secondary N) is 1. The van der Waals surface area contributed by atoms with Crippen LogP contribution in [0.2, 0.25) is 0 Å². The van der Waals surface area contributed by atoms with E-state index in [4.69, 9.17) is 0 Å². The highest BCUT2D eigenvalue weighted by atomic mass is 127. The molecular formula is C16H14F2INO. The average molecular weight is 401 g/mol. The lowest BCUT2D eigenvalue weighted by molar-refractivity contribution is 0.0938. The van der Waals surface area contributed by atoms with Crippen LogP contribution in [0.1, 0.15) is 22.8 Å². The summed E-state index contributed by atoms with van der Waals surface area (Å²) < 4.78 is 28.0. The van der Waals surface area contributed by atoms with E-state index < -0.39 is 11.6 Å². The first-order chi connectivity index (χ1) is 9.99. The highest BCUT2D eigenvalue weighted by molar-refractivity contribution is 14.1. The Morgan fingerprint density at radius 2 is 1.76 bits per heavy atom.